The first-order valence-corrected chi connectivity index (χ1v) is 5.77. The minimum absolute atomic E-state index is 0.00595. The van der Waals surface area contributed by atoms with Crippen molar-refractivity contribution >= 4 is 12.0 Å². The predicted molar refractivity (Wildman–Crippen MR) is 63.1 cm³/mol. The van der Waals surface area contributed by atoms with Crippen molar-refractivity contribution in [3.8, 4) is 0 Å². The molecule has 0 bridgehead atoms. The molecule has 0 aliphatic carbocycles. The molecule has 0 saturated carbocycles. The van der Waals surface area contributed by atoms with Gasteiger partial charge in [0.15, 0.2) is 0 Å². The number of carboxylic acid groups (broad SMARTS) is 1. The summed E-state index contributed by atoms with van der Waals surface area (Å²) in [6.45, 7) is 3.21. The topological polar surface area (TPSA) is 101 Å². The Morgan fingerprint density at radius 3 is 2.44 bits per heavy atom. The van der Waals surface area contributed by atoms with Gasteiger partial charge in [-0.2, -0.15) is 0 Å². The summed E-state index contributed by atoms with van der Waals surface area (Å²) in [5.74, 6) is -1.13. The Kier molecular flexibility index (Phi) is 4.18. The van der Waals surface area contributed by atoms with E-state index in [9.17, 15) is 19.8 Å². The highest BCUT2D eigenvalue weighted by Crippen LogP contribution is 2.20. The summed E-state index contributed by atoms with van der Waals surface area (Å²) >= 11 is 0. The molecular formula is C11H20N2O5. The van der Waals surface area contributed by atoms with Crippen LogP contribution in [0.1, 0.15) is 20.3 Å². The van der Waals surface area contributed by atoms with Crippen LogP contribution in [0.25, 0.3) is 0 Å². The minimum atomic E-state index is -1.13. The lowest BCUT2D eigenvalue weighted by Gasteiger charge is -2.31. The van der Waals surface area contributed by atoms with Gasteiger partial charge in [-0.25, -0.2) is 9.59 Å². The SMILES string of the molecule is CN(CC(C)(C)O)C(=O)N1CC(O)CC1C(=O)O. The summed E-state index contributed by atoms with van der Waals surface area (Å²) in [6.07, 6.45) is -0.775. The molecule has 1 aliphatic heterocycles. The van der Waals surface area contributed by atoms with E-state index >= 15 is 0 Å². The van der Waals surface area contributed by atoms with Crippen LogP contribution >= 0.6 is 0 Å². The van der Waals surface area contributed by atoms with Gasteiger partial charge < -0.3 is 25.1 Å². The summed E-state index contributed by atoms with van der Waals surface area (Å²) in [5.41, 5.74) is -1.05. The van der Waals surface area contributed by atoms with E-state index in [2.05, 4.69) is 0 Å². The molecule has 1 aliphatic rings. The normalized spacial score (nSPS) is 24.2. The molecule has 18 heavy (non-hydrogen) atoms. The van der Waals surface area contributed by atoms with E-state index < -0.39 is 29.7 Å². The van der Waals surface area contributed by atoms with Gasteiger partial charge in [0.2, 0.25) is 0 Å². The molecule has 0 radical (unpaired) electrons. The summed E-state index contributed by atoms with van der Waals surface area (Å²) in [4.78, 5) is 25.4. The molecule has 7 nitrogen and oxygen atoms in total. The standard InChI is InChI=1S/C11H20N2O5/c1-11(2,18)6-12(3)10(17)13-5-7(14)4-8(13)9(15)16/h7-8,14,18H,4-6H2,1-3H3,(H,15,16). The summed E-state index contributed by atoms with van der Waals surface area (Å²) < 4.78 is 0. The maximum absolute atomic E-state index is 12.0. The molecule has 1 fully saturated rings. The second kappa shape index (κ2) is 5.11. The number of β-amino-alcohol motifs (C(OH)–C–C–N with tert-alkyl or cyclic N) is 1. The zero-order valence-electron chi connectivity index (χ0n) is 10.8. The molecular weight excluding hydrogens is 240 g/mol. The number of nitrogens with zero attached hydrogens (tertiary/aromatic N) is 2. The van der Waals surface area contributed by atoms with Crippen LogP contribution in [0.5, 0.6) is 0 Å². The third kappa shape index (κ3) is 3.58. The van der Waals surface area contributed by atoms with Crippen LogP contribution in [0, 0.1) is 0 Å². The molecule has 2 atom stereocenters. The first kappa shape index (κ1) is 14.7. The van der Waals surface area contributed by atoms with Gasteiger partial charge in [-0.3, -0.25) is 0 Å². The Bertz CT molecular complexity index is 339. The summed E-state index contributed by atoms with van der Waals surface area (Å²) in [6, 6.07) is -1.50. The minimum Gasteiger partial charge on any atom is -0.480 e. The molecule has 2 unspecified atom stereocenters. The number of urea groups is 1. The number of carbonyl (C=O) groups is 2. The number of carboxylic acids is 1. The molecule has 0 aromatic heterocycles. The lowest BCUT2D eigenvalue weighted by Crippen LogP contribution is -2.50. The van der Waals surface area contributed by atoms with Crippen molar-refractivity contribution in [2.45, 2.75) is 38.0 Å². The molecule has 1 rings (SSSR count). The van der Waals surface area contributed by atoms with Crippen LogP contribution in [-0.4, -0.2) is 75.0 Å². The van der Waals surface area contributed by atoms with Crippen molar-refractivity contribution < 1.29 is 24.9 Å². The maximum atomic E-state index is 12.0. The quantitative estimate of drug-likeness (QED) is 0.624. The number of likely N-dealkylation sites (N-methyl/N-ethyl adjacent to an activating group) is 1. The Balaban J connectivity index is 2.73. The van der Waals surface area contributed by atoms with Crippen molar-refractivity contribution in [1.29, 1.82) is 0 Å². The zero-order valence-corrected chi connectivity index (χ0v) is 10.8. The summed E-state index contributed by atoms with van der Waals surface area (Å²) in [5, 5.41) is 28.1. The van der Waals surface area contributed by atoms with E-state index in [1.165, 1.54) is 11.9 Å². The van der Waals surface area contributed by atoms with Gasteiger partial charge in [0.25, 0.3) is 0 Å². The predicted octanol–water partition coefficient (Wildman–Crippen LogP) is -0.671. The van der Waals surface area contributed by atoms with Crippen LogP contribution in [-0.2, 0) is 4.79 Å². The van der Waals surface area contributed by atoms with Gasteiger partial charge in [-0.05, 0) is 13.8 Å². The number of carbonyl (C=O) groups excluding carboxylic acids is 1. The molecule has 0 aromatic carbocycles. The van der Waals surface area contributed by atoms with E-state index in [1.54, 1.807) is 13.8 Å². The first-order chi connectivity index (χ1) is 8.11. The molecule has 0 aromatic rings. The van der Waals surface area contributed by atoms with Crippen LogP contribution in [0.4, 0.5) is 4.79 Å². The van der Waals surface area contributed by atoms with E-state index in [4.69, 9.17) is 5.11 Å². The van der Waals surface area contributed by atoms with Crippen LogP contribution in [0.2, 0.25) is 0 Å². The van der Waals surface area contributed by atoms with Crippen molar-refractivity contribution in [2.24, 2.45) is 0 Å². The number of hydrogen-bond donors (Lipinski definition) is 3. The zero-order chi connectivity index (χ0) is 14.1. The fraction of sp³-hybridized carbons (Fsp3) is 0.818. The first-order valence-electron chi connectivity index (χ1n) is 5.77. The fourth-order valence-electron chi connectivity index (χ4n) is 2.13. The number of likely N-dealkylation sites (tertiary alicyclic amines) is 1. The molecule has 3 N–H and O–H groups in total. The lowest BCUT2D eigenvalue weighted by atomic mass is 10.1. The van der Waals surface area contributed by atoms with Gasteiger partial charge in [0.05, 0.1) is 18.2 Å². The molecule has 1 heterocycles. The van der Waals surface area contributed by atoms with Crippen LogP contribution in [0.3, 0.4) is 0 Å². The van der Waals surface area contributed by atoms with Crippen LogP contribution in [0.15, 0.2) is 0 Å². The van der Waals surface area contributed by atoms with Crippen molar-refractivity contribution in [3.05, 3.63) is 0 Å². The van der Waals surface area contributed by atoms with Crippen molar-refractivity contribution in [3.63, 3.8) is 0 Å². The Hall–Kier alpha value is -1.34. The monoisotopic (exact) mass is 260 g/mol. The van der Waals surface area contributed by atoms with E-state index in [0.29, 0.717) is 0 Å². The molecule has 0 spiro atoms. The maximum Gasteiger partial charge on any atom is 0.326 e. The number of aliphatic hydroxyl groups excluding tert-OH is 1. The van der Waals surface area contributed by atoms with Crippen molar-refractivity contribution in [2.75, 3.05) is 20.1 Å². The van der Waals surface area contributed by atoms with Crippen molar-refractivity contribution in [1.82, 2.24) is 9.80 Å². The van der Waals surface area contributed by atoms with E-state index in [1.807, 2.05) is 0 Å². The number of aliphatic hydroxyl groups is 2. The number of rotatable bonds is 3. The van der Waals surface area contributed by atoms with Gasteiger partial charge in [0.1, 0.15) is 6.04 Å². The highest BCUT2D eigenvalue weighted by molar-refractivity contribution is 5.83. The van der Waals surface area contributed by atoms with E-state index in [-0.39, 0.29) is 19.5 Å². The third-order valence-corrected chi connectivity index (χ3v) is 2.76. The second-order valence-corrected chi connectivity index (χ2v) is 5.35. The van der Waals surface area contributed by atoms with Gasteiger partial charge >= 0.3 is 12.0 Å². The average molecular weight is 260 g/mol. The third-order valence-electron chi connectivity index (χ3n) is 2.76. The van der Waals surface area contributed by atoms with Crippen LogP contribution < -0.4 is 0 Å². The molecule has 104 valence electrons. The molecule has 7 heteroatoms. The smallest absolute Gasteiger partial charge is 0.326 e. The highest BCUT2D eigenvalue weighted by atomic mass is 16.4. The number of aliphatic carboxylic acids is 1. The number of amides is 2. The Morgan fingerprint density at radius 1 is 1.44 bits per heavy atom. The summed E-state index contributed by atoms with van der Waals surface area (Å²) in [7, 11) is 1.49. The van der Waals surface area contributed by atoms with Gasteiger partial charge in [-0.15, -0.1) is 0 Å². The van der Waals surface area contributed by atoms with Gasteiger partial charge in [-0.1, -0.05) is 0 Å². The molecule has 1 saturated heterocycles. The number of hydrogen-bond acceptors (Lipinski definition) is 4. The van der Waals surface area contributed by atoms with Gasteiger partial charge in [0, 0.05) is 20.0 Å². The fourth-order valence-corrected chi connectivity index (χ4v) is 2.13. The van der Waals surface area contributed by atoms with E-state index in [0.717, 1.165) is 4.90 Å². The Morgan fingerprint density at radius 2 is 2.00 bits per heavy atom. The average Bonchev–Trinajstić information content (AvgIpc) is 2.56. The second-order valence-electron chi connectivity index (χ2n) is 5.35. The Labute approximate surface area is 106 Å². The lowest BCUT2D eigenvalue weighted by molar-refractivity contribution is -0.141. The molecule has 2 amide bonds. The largest absolute Gasteiger partial charge is 0.480 e. The highest BCUT2D eigenvalue weighted by Gasteiger charge is 2.40.